The maximum absolute atomic E-state index is 8.56. The van der Waals surface area contributed by atoms with Crippen molar-refractivity contribution in [1.82, 2.24) is 6.15 Å². The monoisotopic (exact) mass is 396 g/mol. The minimum absolute atomic E-state index is 0. The summed E-state index contributed by atoms with van der Waals surface area (Å²) < 4.78 is 1.12. The number of rotatable bonds is 13. The Morgan fingerprint density at radius 1 is 0.704 bits per heavy atom. The van der Waals surface area contributed by atoms with Gasteiger partial charge in [0, 0.05) is 0 Å². The Bertz CT molecular complexity index is 300. The van der Waals surface area contributed by atoms with Gasteiger partial charge in [0.1, 0.15) is 0 Å². The Labute approximate surface area is 165 Å². The lowest BCUT2D eigenvalue weighted by Crippen LogP contribution is -2.35. The number of unbranched alkanes of at least 4 members (excludes halogenated alkanes) is 11. The molecular weight excluding hydrogens is 352 g/mol. The molecular formula is C19H44N2O6. The maximum Gasteiger partial charge on any atom is 0.503 e. The molecule has 0 aromatic carbocycles. The highest BCUT2D eigenvalue weighted by Gasteiger charge is 2.04. The second-order valence-electron chi connectivity index (χ2n) is 7.45. The molecule has 0 atom stereocenters. The lowest BCUT2D eigenvalue weighted by Gasteiger charge is -2.23. The van der Waals surface area contributed by atoms with Crippen LogP contribution in [0.1, 0.15) is 84.0 Å². The van der Waals surface area contributed by atoms with Crippen molar-refractivity contribution in [2.24, 2.45) is 0 Å². The lowest BCUT2D eigenvalue weighted by atomic mass is 10.1. The molecule has 0 heterocycles. The summed E-state index contributed by atoms with van der Waals surface area (Å²) in [7, 11) is 6.87. The van der Waals surface area contributed by atoms with Crippen LogP contribution in [0.15, 0.2) is 0 Å². The Morgan fingerprint density at radius 3 is 1.15 bits per heavy atom. The van der Waals surface area contributed by atoms with Crippen molar-refractivity contribution in [3.05, 3.63) is 0 Å². The van der Waals surface area contributed by atoms with Crippen LogP contribution in [0, 0.1) is 0 Å². The highest BCUT2D eigenvalue weighted by Crippen LogP contribution is 2.12. The quantitative estimate of drug-likeness (QED) is 0.260. The second kappa shape index (κ2) is 24.5. The van der Waals surface area contributed by atoms with Crippen LogP contribution in [0.25, 0.3) is 0 Å². The lowest BCUT2D eigenvalue weighted by molar-refractivity contribution is -0.870. The van der Waals surface area contributed by atoms with Gasteiger partial charge >= 0.3 is 6.16 Å². The summed E-state index contributed by atoms with van der Waals surface area (Å²) >= 11 is 0. The molecule has 0 unspecified atom stereocenters. The number of hydrogen-bond donors (Lipinski definition) is 4. The third-order valence-corrected chi connectivity index (χ3v) is 3.68. The Morgan fingerprint density at radius 2 is 0.926 bits per heavy atom. The van der Waals surface area contributed by atoms with Crippen LogP contribution >= 0.6 is 0 Å². The molecule has 0 amide bonds. The highest BCUT2D eigenvalue weighted by atomic mass is 16.6. The number of nitrogens with zero attached hydrogens (tertiary/aromatic N) is 1. The predicted octanol–water partition coefficient (Wildman–Crippen LogP) is 4.67. The summed E-state index contributed by atoms with van der Waals surface area (Å²) in [6.07, 6.45) is 13.5. The summed E-state index contributed by atoms with van der Waals surface area (Å²) in [4.78, 5) is 17.0. The fraction of sp³-hybridized carbons (Fsp3) is 0.895. The van der Waals surface area contributed by atoms with Gasteiger partial charge in [-0.2, -0.15) is 0 Å². The normalized spacial score (nSPS) is 9.78. The molecule has 0 saturated heterocycles. The van der Waals surface area contributed by atoms with Crippen LogP contribution in [0.4, 0.5) is 9.59 Å². The third-order valence-electron chi connectivity index (χ3n) is 3.68. The molecule has 0 aliphatic rings. The molecule has 0 aliphatic carbocycles. The molecule has 0 bridgehead atoms. The SMILES string of the molecule is CCCCCCCCCCCCCC[N+](C)(C)C.N.O=C(O)O.O=C([O-])O. The van der Waals surface area contributed by atoms with E-state index in [9.17, 15) is 0 Å². The fourth-order valence-corrected chi connectivity index (χ4v) is 2.43. The standard InChI is InChI=1S/C17H38N.2CH2O3.H3N/c1-5-6-7-8-9-10-11-12-13-14-15-16-17-18(2,3)4;2*2-1(3)4;/h5-17H2,1-4H3;2*(H2,2,3,4);1H3/q+1;;;/p-1. The molecule has 0 saturated carbocycles. The summed E-state index contributed by atoms with van der Waals surface area (Å²) in [6, 6.07) is 0. The van der Waals surface area contributed by atoms with Gasteiger partial charge in [-0.05, 0) is 12.8 Å². The number of carboxylic acid groups (broad SMARTS) is 4. The van der Waals surface area contributed by atoms with E-state index in [1.54, 1.807) is 0 Å². The van der Waals surface area contributed by atoms with E-state index < -0.39 is 12.3 Å². The minimum Gasteiger partial charge on any atom is -0.565 e. The summed E-state index contributed by atoms with van der Waals surface area (Å²) in [5.74, 6) is 0. The van der Waals surface area contributed by atoms with E-state index >= 15 is 0 Å². The minimum atomic E-state index is -2.08. The van der Waals surface area contributed by atoms with Crippen LogP contribution in [0.3, 0.4) is 0 Å². The second-order valence-corrected chi connectivity index (χ2v) is 7.45. The zero-order valence-electron chi connectivity index (χ0n) is 17.9. The summed E-state index contributed by atoms with van der Waals surface area (Å²) in [5, 5.41) is 29.2. The van der Waals surface area contributed by atoms with Gasteiger partial charge in [0.25, 0.3) is 0 Å². The Kier molecular flexibility index (Phi) is 30.0. The zero-order valence-corrected chi connectivity index (χ0v) is 17.9. The summed E-state index contributed by atoms with van der Waals surface area (Å²) in [5.41, 5.74) is 0. The number of carbonyl (C=O) groups is 2. The van der Waals surface area contributed by atoms with Crippen molar-refractivity contribution in [2.75, 3.05) is 27.7 Å². The predicted molar refractivity (Wildman–Crippen MR) is 108 cm³/mol. The molecule has 0 radical (unpaired) electrons. The van der Waals surface area contributed by atoms with Crippen molar-refractivity contribution in [2.45, 2.75) is 84.0 Å². The van der Waals surface area contributed by atoms with Crippen molar-refractivity contribution in [1.29, 1.82) is 0 Å². The van der Waals surface area contributed by atoms with Gasteiger partial charge in [-0.1, -0.05) is 71.1 Å². The molecule has 8 nitrogen and oxygen atoms in total. The van der Waals surface area contributed by atoms with Gasteiger partial charge < -0.3 is 35.9 Å². The smallest absolute Gasteiger partial charge is 0.503 e. The first-order chi connectivity index (χ1) is 12.0. The fourth-order valence-electron chi connectivity index (χ4n) is 2.43. The van der Waals surface area contributed by atoms with Crippen molar-refractivity contribution in [3.63, 3.8) is 0 Å². The first kappa shape index (κ1) is 33.1. The van der Waals surface area contributed by atoms with Gasteiger partial charge in [-0.3, -0.25) is 0 Å². The van der Waals surface area contributed by atoms with Crippen LogP contribution in [-0.4, -0.2) is 59.8 Å². The van der Waals surface area contributed by atoms with Gasteiger partial charge in [0.2, 0.25) is 6.16 Å². The van der Waals surface area contributed by atoms with E-state index in [0.29, 0.717) is 0 Å². The Hall–Kier alpha value is -1.54. The Balaban J connectivity index is -0.000000247. The topological polar surface area (TPSA) is 153 Å². The van der Waals surface area contributed by atoms with E-state index in [2.05, 4.69) is 28.1 Å². The number of quaternary nitrogens is 1. The number of hydrogen-bond acceptors (Lipinski definition) is 4. The maximum atomic E-state index is 8.56. The van der Waals surface area contributed by atoms with E-state index in [1.165, 1.54) is 83.6 Å². The van der Waals surface area contributed by atoms with E-state index in [0.717, 1.165) is 4.48 Å². The average molecular weight is 397 g/mol. The van der Waals surface area contributed by atoms with Crippen LogP contribution in [0.5, 0.6) is 0 Å². The molecule has 0 rings (SSSR count). The average Bonchev–Trinajstić information content (AvgIpc) is 2.46. The van der Waals surface area contributed by atoms with Gasteiger partial charge in [0.15, 0.2) is 0 Å². The first-order valence-corrected chi connectivity index (χ1v) is 9.65. The van der Waals surface area contributed by atoms with E-state index in [4.69, 9.17) is 30.0 Å². The van der Waals surface area contributed by atoms with E-state index in [1.807, 2.05) is 0 Å². The van der Waals surface area contributed by atoms with Crippen LogP contribution in [-0.2, 0) is 0 Å². The molecule has 0 spiro atoms. The van der Waals surface area contributed by atoms with Crippen LogP contribution in [0.2, 0.25) is 0 Å². The first-order valence-electron chi connectivity index (χ1n) is 9.65. The molecule has 0 fully saturated rings. The highest BCUT2D eigenvalue weighted by molar-refractivity contribution is 5.53. The molecule has 0 aromatic heterocycles. The molecule has 6 N–H and O–H groups in total. The zero-order chi connectivity index (χ0) is 20.8. The third kappa shape index (κ3) is 68.1. The summed E-state index contributed by atoms with van der Waals surface area (Å²) in [6.45, 7) is 3.62. The van der Waals surface area contributed by atoms with E-state index in [-0.39, 0.29) is 6.15 Å². The molecule has 0 aliphatic heterocycles. The molecule has 27 heavy (non-hydrogen) atoms. The molecule has 0 aromatic rings. The van der Waals surface area contributed by atoms with Gasteiger partial charge in [0.05, 0.1) is 27.7 Å². The molecule has 8 heteroatoms. The van der Waals surface area contributed by atoms with Crippen LogP contribution < -0.4 is 11.3 Å². The van der Waals surface area contributed by atoms with Crippen molar-refractivity contribution in [3.8, 4) is 0 Å². The van der Waals surface area contributed by atoms with Crippen molar-refractivity contribution < 1.29 is 34.5 Å². The largest absolute Gasteiger partial charge is 0.565 e. The van der Waals surface area contributed by atoms with Gasteiger partial charge in [-0.15, -0.1) is 0 Å². The van der Waals surface area contributed by atoms with Gasteiger partial charge in [-0.25, -0.2) is 4.79 Å². The molecule has 166 valence electrons. The van der Waals surface area contributed by atoms with Crippen molar-refractivity contribution >= 4 is 12.3 Å².